The lowest BCUT2D eigenvalue weighted by molar-refractivity contribution is 0.0737. The van der Waals surface area contributed by atoms with Gasteiger partial charge in [0.25, 0.3) is 0 Å². The van der Waals surface area contributed by atoms with E-state index >= 15 is 0 Å². The van der Waals surface area contributed by atoms with Crippen LogP contribution < -0.4 is 4.74 Å². The van der Waals surface area contributed by atoms with Crippen molar-refractivity contribution < 1.29 is 13.9 Å². The van der Waals surface area contributed by atoms with Crippen LogP contribution in [0.4, 0.5) is 0 Å². The lowest BCUT2D eigenvalue weighted by Gasteiger charge is -2.16. The number of hydrogen-bond donors (Lipinski definition) is 0. The summed E-state index contributed by atoms with van der Waals surface area (Å²) in [7, 11) is 0. The van der Waals surface area contributed by atoms with E-state index in [1.807, 2.05) is 66.7 Å². The van der Waals surface area contributed by atoms with Crippen LogP contribution in [0.3, 0.4) is 0 Å². The summed E-state index contributed by atoms with van der Waals surface area (Å²) in [5, 5.41) is 7.32. The Balaban J connectivity index is 1.65. The Morgan fingerprint density at radius 1 is 0.611 bits per heavy atom. The summed E-state index contributed by atoms with van der Waals surface area (Å²) in [6.07, 6.45) is 1.70. The molecule has 0 saturated carbocycles. The third-order valence-electron chi connectivity index (χ3n) is 6.79. The molecule has 1 aromatic heterocycles. The molecule has 0 fully saturated rings. The molecule has 7 aromatic rings. The molecule has 3 nitrogen and oxygen atoms in total. The van der Waals surface area contributed by atoms with Crippen LogP contribution in [0.25, 0.3) is 54.4 Å². The van der Waals surface area contributed by atoms with Crippen LogP contribution in [0.15, 0.2) is 126 Å². The lowest BCUT2D eigenvalue weighted by Crippen LogP contribution is -2.09. The number of rotatable bonds is 3. The Morgan fingerprint density at radius 2 is 1.25 bits per heavy atom. The molecular weight excluding hydrogens is 444 g/mol. The molecule has 0 spiro atoms. The monoisotopic (exact) mass is 464 g/mol. The maximum absolute atomic E-state index is 13.4. The van der Waals surface area contributed by atoms with Crippen LogP contribution in [-0.4, -0.2) is 5.97 Å². The third-order valence-corrected chi connectivity index (χ3v) is 6.79. The number of esters is 1. The molecule has 170 valence electrons. The highest BCUT2D eigenvalue weighted by atomic mass is 16.5. The predicted molar refractivity (Wildman–Crippen MR) is 146 cm³/mol. The summed E-state index contributed by atoms with van der Waals surface area (Å²) < 4.78 is 12.6. The van der Waals surface area contributed by atoms with Crippen molar-refractivity contribution in [3.8, 4) is 16.9 Å². The van der Waals surface area contributed by atoms with Crippen LogP contribution in [0.1, 0.15) is 10.4 Å². The minimum Gasteiger partial charge on any atom is -0.463 e. The maximum Gasteiger partial charge on any atom is 0.343 e. The zero-order valence-electron chi connectivity index (χ0n) is 19.3. The van der Waals surface area contributed by atoms with Crippen LogP contribution >= 0.6 is 0 Å². The van der Waals surface area contributed by atoms with Gasteiger partial charge >= 0.3 is 5.97 Å². The molecule has 0 bridgehead atoms. The number of fused-ring (bicyclic) bond motifs is 8. The summed E-state index contributed by atoms with van der Waals surface area (Å²) >= 11 is 0. The van der Waals surface area contributed by atoms with Crippen LogP contribution in [0.2, 0.25) is 0 Å². The van der Waals surface area contributed by atoms with E-state index in [9.17, 15) is 4.79 Å². The van der Waals surface area contributed by atoms with Crippen molar-refractivity contribution in [2.75, 3.05) is 0 Å². The van der Waals surface area contributed by atoms with Gasteiger partial charge in [-0.2, -0.15) is 0 Å². The lowest BCUT2D eigenvalue weighted by atomic mass is 9.97. The van der Waals surface area contributed by atoms with Crippen molar-refractivity contribution in [3.63, 3.8) is 0 Å². The zero-order chi connectivity index (χ0) is 24.1. The van der Waals surface area contributed by atoms with Crippen molar-refractivity contribution in [3.05, 3.63) is 127 Å². The molecule has 0 amide bonds. The third kappa shape index (κ3) is 3.10. The molecule has 0 aliphatic carbocycles. The Kier molecular flexibility index (Phi) is 4.61. The summed E-state index contributed by atoms with van der Waals surface area (Å²) in [5.74, 6) is 0.0973. The van der Waals surface area contributed by atoms with Gasteiger partial charge in [-0.3, -0.25) is 0 Å². The van der Waals surface area contributed by atoms with Crippen molar-refractivity contribution >= 4 is 49.3 Å². The summed E-state index contributed by atoms with van der Waals surface area (Å²) in [6.45, 7) is 0. The topological polar surface area (TPSA) is 39.4 Å². The summed E-state index contributed by atoms with van der Waals surface area (Å²) in [6, 6.07) is 37.8. The standard InChI is InChI=1S/C33H20O3/c34-33(22-13-5-2-6-14-22)36-32-28(21-11-3-1-4-12-21)20-35-31-26-18-10-9-17-25(26)29-24-16-8-7-15-23(24)19-27(29)30(31)32/h1-20H. The SMILES string of the molecule is O=C(Oc1c(-c2ccccc2)coc2c3ccccc3c3c4ccccc4cc3c12)c1ccccc1. The van der Waals surface area contributed by atoms with Crippen molar-refractivity contribution in [1.82, 2.24) is 0 Å². The van der Waals surface area contributed by atoms with E-state index in [2.05, 4.69) is 36.4 Å². The molecule has 0 radical (unpaired) electrons. The van der Waals surface area contributed by atoms with Crippen molar-refractivity contribution in [2.24, 2.45) is 0 Å². The van der Waals surface area contributed by atoms with Crippen molar-refractivity contribution in [2.45, 2.75) is 0 Å². The maximum atomic E-state index is 13.4. The fourth-order valence-electron chi connectivity index (χ4n) is 5.17. The molecular formula is C33H20O3. The van der Waals surface area contributed by atoms with Gasteiger partial charge in [-0.1, -0.05) is 97.1 Å². The quantitative estimate of drug-likeness (QED) is 0.194. The highest BCUT2D eigenvalue weighted by molar-refractivity contribution is 6.34. The van der Waals surface area contributed by atoms with E-state index in [1.165, 1.54) is 0 Å². The highest BCUT2D eigenvalue weighted by Crippen LogP contribution is 2.47. The Hall–Kier alpha value is -4.89. The van der Waals surface area contributed by atoms with Gasteiger partial charge < -0.3 is 9.15 Å². The molecule has 3 heteroatoms. The second kappa shape index (κ2) is 8.10. The van der Waals surface area contributed by atoms with E-state index < -0.39 is 5.97 Å². The average molecular weight is 465 g/mol. The van der Waals surface area contributed by atoms with Gasteiger partial charge in [0.2, 0.25) is 0 Å². The van der Waals surface area contributed by atoms with Gasteiger partial charge in [0.05, 0.1) is 16.5 Å². The van der Waals surface area contributed by atoms with Gasteiger partial charge in [0, 0.05) is 5.39 Å². The van der Waals surface area contributed by atoms with Gasteiger partial charge in [-0.05, 0) is 50.7 Å². The molecule has 0 saturated heterocycles. The fourth-order valence-corrected chi connectivity index (χ4v) is 5.17. The zero-order valence-corrected chi connectivity index (χ0v) is 19.3. The van der Waals surface area contributed by atoms with Crippen LogP contribution in [-0.2, 0) is 0 Å². The number of carbonyl (C=O) groups is 1. The first-order chi connectivity index (χ1) is 17.8. The number of ether oxygens (including phenoxy) is 1. The second-order valence-electron chi connectivity index (χ2n) is 8.87. The molecule has 0 unspecified atom stereocenters. The second-order valence-corrected chi connectivity index (χ2v) is 8.87. The molecule has 7 rings (SSSR count). The van der Waals surface area contributed by atoms with E-state index in [1.54, 1.807) is 18.4 Å². The number of carbonyl (C=O) groups excluding carboxylic acids is 1. The normalized spacial score (nSPS) is 11.4. The molecule has 0 aliphatic rings. The molecule has 0 atom stereocenters. The van der Waals surface area contributed by atoms with E-state index in [0.717, 1.165) is 48.8 Å². The predicted octanol–water partition coefficient (Wildman–Crippen LogP) is 8.78. The first-order valence-corrected chi connectivity index (χ1v) is 11.9. The number of benzene rings is 5. The molecule has 0 N–H and O–H groups in total. The van der Waals surface area contributed by atoms with Gasteiger partial charge in [0.1, 0.15) is 11.8 Å². The summed E-state index contributed by atoms with van der Waals surface area (Å²) in [4.78, 5) is 13.4. The van der Waals surface area contributed by atoms with Crippen molar-refractivity contribution in [1.29, 1.82) is 0 Å². The van der Waals surface area contributed by atoms with E-state index in [0.29, 0.717) is 16.9 Å². The minimum atomic E-state index is -0.405. The fraction of sp³-hybridized carbons (Fsp3) is 0. The Bertz CT molecular complexity index is 1920. The first-order valence-electron chi connectivity index (χ1n) is 11.9. The van der Waals surface area contributed by atoms with E-state index in [4.69, 9.17) is 9.15 Å². The smallest absolute Gasteiger partial charge is 0.343 e. The molecule has 1 heterocycles. The largest absolute Gasteiger partial charge is 0.463 e. The van der Waals surface area contributed by atoms with E-state index in [-0.39, 0.29) is 0 Å². The Labute approximate surface area is 207 Å². The van der Waals surface area contributed by atoms with Gasteiger partial charge in [-0.15, -0.1) is 0 Å². The molecule has 0 aliphatic heterocycles. The molecule has 6 aromatic carbocycles. The summed E-state index contributed by atoms with van der Waals surface area (Å²) in [5.41, 5.74) is 2.84. The first kappa shape index (κ1) is 20.5. The van der Waals surface area contributed by atoms with Crippen LogP contribution in [0.5, 0.6) is 5.75 Å². The van der Waals surface area contributed by atoms with Gasteiger partial charge in [0.15, 0.2) is 5.75 Å². The number of hydrogen-bond acceptors (Lipinski definition) is 3. The van der Waals surface area contributed by atoms with Crippen LogP contribution in [0, 0.1) is 0 Å². The molecule has 36 heavy (non-hydrogen) atoms. The minimum absolute atomic E-state index is 0.405. The Morgan fingerprint density at radius 3 is 2.03 bits per heavy atom. The van der Waals surface area contributed by atoms with Gasteiger partial charge in [-0.25, -0.2) is 4.79 Å². The highest BCUT2D eigenvalue weighted by Gasteiger charge is 2.23. The average Bonchev–Trinajstić information content (AvgIpc) is 3.34.